The van der Waals surface area contributed by atoms with Crippen LogP contribution in [0.2, 0.25) is 0 Å². The number of furan rings is 1. The van der Waals surface area contributed by atoms with Crippen LogP contribution in [0, 0.1) is 0 Å². The van der Waals surface area contributed by atoms with Crippen LogP contribution in [-0.4, -0.2) is 48.6 Å². The minimum atomic E-state index is -1.35. The van der Waals surface area contributed by atoms with Crippen molar-refractivity contribution in [2.24, 2.45) is 0 Å². The Morgan fingerprint density at radius 1 is 1.00 bits per heavy atom. The van der Waals surface area contributed by atoms with Gasteiger partial charge in [-0.05, 0) is 40.8 Å². The number of rotatable bonds is 8. The van der Waals surface area contributed by atoms with E-state index >= 15 is 0 Å². The van der Waals surface area contributed by atoms with Gasteiger partial charge in [-0.1, -0.05) is 48.5 Å². The minimum absolute atomic E-state index is 0.0315. The first-order valence-corrected chi connectivity index (χ1v) is 10.6. The molecule has 0 aliphatic heterocycles. The number of nitrogens with one attached hydrogen (secondary N) is 1. The molecule has 1 aromatic heterocycles. The minimum Gasteiger partial charge on any atom is -0.463 e. The molecule has 4 rings (SSSR count). The van der Waals surface area contributed by atoms with Crippen LogP contribution in [0.1, 0.15) is 45.9 Å². The molecule has 3 aromatic rings. The van der Waals surface area contributed by atoms with Crippen LogP contribution in [0.25, 0.3) is 11.1 Å². The van der Waals surface area contributed by atoms with Crippen molar-refractivity contribution >= 4 is 12.1 Å². The van der Waals surface area contributed by atoms with E-state index in [0.717, 1.165) is 22.3 Å². The summed E-state index contributed by atoms with van der Waals surface area (Å²) in [5.41, 5.74) is 4.53. The summed E-state index contributed by atoms with van der Waals surface area (Å²) in [5, 5.41) is 23.0. The van der Waals surface area contributed by atoms with E-state index < -0.39 is 24.3 Å². The highest BCUT2D eigenvalue weighted by Gasteiger charge is 2.29. The van der Waals surface area contributed by atoms with E-state index in [1.807, 2.05) is 36.4 Å². The summed E-state index contributed by atoms with van der Waals surface area (Å²) < 4.78 is 15.2. The lowest BCUT2D eigenvalue weighted by Gasteiger charge is -2.17. The molecule has 2 atom stereocenters. The van der Waals surface area contributed by atoms with Gasteiger partial charge in [-0.25, -0.2) is 9.59 Å². The SMILES string of the molecule is COC(=O)c1ccc(C(O)C(O)CCNC(=O)OCC2c3ccccc3-c3ccccc32)o1. The Balaban J connectivity index is 1.26. The van der Waals surface area contributed by atoms with Crippen molar-refractivity contribution < 1.29 is 33.7 Å². The average molecular weight is 451 g/mol. The fourth-order valence-electron chi connectivity index (χ4n) is 4.04. The van der Waals surface area contributed by atoms with Crippen molar-refractivity contribution in [3.8, 4) is 11.1 Å². The first-order chi connectivity index (χ1) is 16.0. The molecule has 1 aliphatic rings. The zero-order valence-corrected chi connectivity index (χ0v) is 18.1. The van der Waals surface area contributed by atoms with Crippen molar-refractivity contribution in [3.05, 3.63) is 83.3 Å². The smallest absolute Gasteiger partial charge is 0.407 e. The summed E-state index contributed by atoms with van der Waals surface area (Å²) in [6.07, 6.45) is -3.12. The highest BCUT2D eigenvalue weighted by atomic mass is 16.5. The molecule has 0 saturated carbocycles. The number of hydrogen-bond donors (Lipinski definition) is 3. The van der Waals surface area contributed by atoms with Gasteiger partial charge >= 0.3 is 12.1 Å². The van der Waals surface area contributed by atoms with Gasteiger partial charge in [-0.2, -0.15) is 0 Å². The van der Waals surface area contributed by atoms with Gasteiger partial charge in [0.05, 0.1) is 13.2 Å². The van der Waals surface area contributed by atoms with Crippen LogP contribution in [0.15, 0.2) is 65.1 Å². The highest BCUT2D eigenvalue weighted by molar-refractivity contribution is 5.86. The predicted octanol–water partition coefficient (Wildman–Crippen LogP) is 3.39. The van der Waals surface area contributed by atoms with Gasteiger partial charge in [-0.15, -0.1) is 0 Å². The summed E-state index contributed by atoms with van der Waals surface area (Å²) >= 11 is 0. The summed E-state index contributed by atoms with van der Waals surface area (Å²) in [5.74, 6) is -0.766. The van der Waals surface area contributed by atoms with E-state index in [1.165, 1.54) is 19.2 Å². The number of alkyl carbamates (subject to hydrolysis) is 1. The largest absolute Gasteiger partial charge is 0.463 e. The third kappa shape index (κ3) is 4.76. The molecule has 0 bridgehead atoms. The average Bonchev–Trinajstić information content (AvgIpc) is 3.45. The summed E-state index contributed by atoms with van der Waals surface area (Å²) in [6.45, 7) is 0.271. The van der Waals surface area contributed by atoms with Gasteiger partial charge in [0, 0.05) is 12.5 Å². The van der Waals surface area contributed by atoms with Crippen LogP contribution >= 0.6 is 0 Å². The lowest BCUT2D eigenvalue weighted by molar-refractivity contribution is 0.000177. The second-order valence-electron chi connectivity index (χ2n) is 7.75. The highest BCUT2D eigenvalue weighted by Crippen LogP contribution is 2.44. The Bertz CT molecular complexity index is 1090. The quantitative estimate of drug-likeness (QED) is 0.449. The number of benzene rings is 2. The molecule has 0 saturated heterocycles. The lowest BCUT2D eigenvalue weighted by atomic mass is 9.98. The maximum Gasteiger partial charge on any atom is 0.407 e. The normalized spacial score (nSPS) is 14.2. The molecule has 172 valence electrons. The summed E-state index contributed by atoms with van der Waals surface area (Å²) in [4.78, 5) is 23.6. The van der Waals surface area contributed by atoms with Crippen molar-refractivity contribution in [2.45, 2.75) is 24.5 Å². The zero-order valence-electron chi connectivity index (χ0n) is 18.1. The number of amides is 1. The van der Waals surface area contributed by atoms with Gasteiger partial charge in [0.15, 0.2) is 0 Å². The first kappa shape index (κ1) is 22.6. The molecule has 8 heteroatoms. The second-order valence-corrected chi connectivity index (χ2v) is 7.75. The number of esters is 1. The van der Waals surface area contributed by atoms with Crippen LogP contribution in [0.4, 0.5) is 4.79 Å². The molecule has 33 heavy (non-hydrogen) atoms. The molecule has 1 aliphatic carbocycles. The van der Waals surface area contributed by atoms with Gasteiger partial charge < -0.3 is 29.4 Å². The molecule has 0 fully saturated rings. The fourth-order valence-corrected chi connectivity index (χ4v) is 4.04. The van der Waals surface area contributed by atoms with Crippen molar-refractivity contribution in [1.29, 1.82) is 0 Å². The molecule has 1 amide bonds. The molecule has 0 spiro atoms. The maximum atomic E-state index is 12.2. The van der Waals surface area contributed by atoms with Gasteiger partial charge in [0.25, 0.3) is 0 Å². The van der Waals surface area contributed by atoms with Crippen molar-refractivity contribution in [1.82, 2.24) is 5.32 Å². The van der Waals surface area contributed by atoms with E-state index in [0.29, 0.717) is 0 Å². The second kappa shape index (κ2) is 9.89. The molecule has 3 N–H and O–H groups in total. The number of aliphatic hydroxyl groups is 2. The van der Waals surface area contributed by atoms with Crippen LogP contribution in [0.5, 0.6) is 0 Å². The van der Waals surface area contributed by atoms with E-state index in [9.17, 15) is 19.8 Å². The number of carbonyl (C=O) groups excluding carboxylic acids is 2. The number of ether oxygens (including phenoxy) is 2. The Morgan fingerprint density at radius 2 is 1.64 bits per heavy atom. The van der Waals surface area contributed by atoms with Crippen LogP contribution < -0.4 is 5.32 Å². The number of aliphatic hydroxyl groups excluding tert-OH is 2. The van der Waals surface area contributed by atoms with E-state index in [-0.39, 0.29) is 37.0 Å². The Hall–Kier alpha value is -3.62. The Labute approximate surface area is 190 Å². The number of methoxy groups -OCH3 is 1. The topological polar surface area (TPSA) is 118 Å². The Morgan fingerprint density at radius 3 is 2.27 bits per heavy atom. The molecule has 2 aromatic carbocycles. The number of hydrogen-bond acceptors (Lipinski definition) is 7. The first-order valence-electron chi connectivity index (χ1n) is 10.6. The van der Waals surface area contributed by atoms with E-state index in [1.54, 1.807) is 0 Å². The predicted molar refractivity (Wildman–Crippen MR) is 119 cm³/mol. The van der Waals surface area contributed by atoms with Crippen molar-refractivity contribution in [2.75, 3.05) is 20.3 Å². The third-order valence-electron chi connectivity index (χ3n) is 5.72. The lowest BCUT2D eigenvalue weighted by Crippen LogP contribution is -2.30. The van der Waals surface area contributed by atoms with Gasteiger partial charge in [-0.3, -0.25) is 0 Å². The maximum absolute atomic E-state index is 12.2. The van der Waals surface area contributed by atoms with Gasteiger partial charge in [0.2, 0.25) is 5.76 Å². The summed E-state index contributed by atoms with van der Waals surface area (Å²) in [6, 6.07) is 18.9. The standard InChI is InChI=1S/C25H25NO7/c1-31-24(29)22-11-10-21(33-22)23(28)20(27)12-13-26-25(30)32-14-19-17-8-4-2-6-15(17)16-7-3-5-9-18(16)19/h2-11,19-20,23,27-28H,12-14H2,1H3,(H,26,30). The molecular formula is C25H25NO7. The Kier molecular flexibility index (Phi) is 6.76. The monoisotopic (exact) mass is 451 g/mol. The van der Waals surface area contributed by atoms with Gasteiger partial charge in [0.1, 0.15) is 18.5 Å². The molecule has 1 heterocycles. The number of carbonyl (C=O) groups is 2. The van der Waals surface area contributed by atoms with Crippen LogP contribution in [0.3, 0.4) is 0 Å². The zero-order chi connectivity index (χ0) is 23.4. The molecule has 8 nitrogen and oxygen atoms in total. The fraction of sp³-hybridized carbons (Fsp3) is 0.280. The molecular weight excluding hydrogens is 426 g/mol. The molecule has 0 radical (unpaired) electrons. The summed E-state index contributed by atoms with van der Waals surface area (Å²) in [7, 11) is 1.21. The number of fused-ring (bicyclic) bond motifs is 3. The van der Waals surface area contributed by atoms with E-state index in [2.05, 4.69) is 22.2 Å². The van der Waals surface area contributed by atoms with Crippen LogP contribution in [-0.2, 0) is 9.47 Å². The van der Waals surface area contributed by atoms with E-state index in [4.69, 9.17) is 9.15 Å². The molecule has 2 unspecified atom stereocenters. The third-order valence-corrected chi connectivity index (χ3v) is 5.72. The van der Waals surface area contributed by atoms with Crippen molar-refractivity contribution in [3.63, 3.8) is 0 Å².